The van der Waals surface area contributed by atoms with Gasteiger partial charge in [0.05, 0.1) is 14.8 Å². The average molecular weight is 383 g/mol. The maximum absolute atomic E-state index is 13.1. The predicted octanol–water partition coefficient (Wildman–Crippen LogP) is 3.07. The molecule has 1 heterocycles. The molecule has 0 fully saturated rings. The largest absolute Gasteiger partial charge is 0.308 e. The molecule has 0 spiro atoms. The first kappa shape index (κ1) is 15.5. The molecule has 0 N–H and O–H groups in total. The number of allylic oxidation sites excluding steroid dienone is 1. The molecular weight excluding hydrogens is 373 g/mol. The lowest BCUT2D eigenvalue weighted by Crippen LogP contribution is -2.27. The Morgan fingerprint density at radius 3 is 2.70 bits per heavy atom. The van der Waals surface area contributed by atoms with E-state index in [9.17, 15) is 17.6 Å². The highest BCUT2D eigenvalue weighted by Crippen LogP contribution is 2.34. The zero-order chi connectivity index (χ0) is 14.9. The van der Waals surface area contributed by atoms with Gasteiger partial charge in [0.15, 0.2) is 0 Å². The molecule has 1 aromatic carbocycles. The lowest BCUT2D eigenvalue weighted by Gasteiger charge is -2.25. The lowest BCUT2D eigenvalue weighted by molar-refractivity contribution is -0.116. The first-order valence-corrected chi connectivity index (χ1v) is 8.34. The summed E-state index contributed by atoms with van der Waals surface area (Å²) in [6.45, 7) is 0.452. The molecule has 1 aromatic rings. The van der Waals surface area contributed by atoms with Gasteiger partial charge >= 0.3 is 0 Å². The van der Waals surface area contributed by atoms with Crippen LogP contribution in [-0.4, -0.2) is 26.3 Å². The molecular formula is C12H10BrClFNO3S. The predicted molar refractivity (Wildman–Crippen MR) is 76.6 cm³/mol. The van der Waals surface area contributed by atoms with E-state index in [4.69, 9.17) is 11.6 Å². The minimum Gasteiger partial charge on any atom is -0.308 e. The fourth-order valence-electron chi connectivity index (χ4n) is 1.90. The number of hydrogen-bond donors (Lipinski definition) is 0. The van der Waals surface area contributed by atoms with Gasteiger partial charge in [-0.1, -0.05) is 11.6 Å². The Balaban J connectivity index is 2.54. The average Bonchev–Trinajstić information content (AvgIpc) is 2.41. The van der Waals surface area contributed by atoms with E-state index in [1.165, 1.54) is 4.90 Å². The van der Waals surface area contributed by atoms with E-state index in [-0.39, 0.29) is 19.4 Å². The molecule has 1 aliphatic rings. The van der Waals surface area contributed by atoms with Crippen molar-refractivity contribution in [2.75, 3.05) is 6.54 Å². The second-order valence-electron chi connectivity index (χ2n) is 4.20. The Morgan fingerprint density at radius 2 is 2.10 bits per heavy atom. The van der Waals surface area contributed by atoms with Crippen molar-refractivity contribution in [1.29, 1.82) is 0 Å². The van der Waals surface area contributed by atoms with E-state index in [0.717, 1.165) is 18.2 Å². The van der Waals surface area contributed by atoms with Crippen LogP contribution >= 0.6 is 27.5 Å². The van der Waals surface area contributed by atoms with Crippen molar-refractivity contribution in [3.05, 3.63) is 38.6 Å². The van der Waals surface area contributed by atoms with E-state index < -0.39 is 15.7 Å². The van der Waals surface area contributed by atoms with Gasteiger partial charge in [-0.25, -0.2) is 12.8 Å². The van der Waals surface area contributed by atoms with Crippen LogP contribution in [0.2, 0.25) is 5.02 Å². The number of sulfone groups is 1. The van der Waals surface area contributed by atoms with Gasteiger partial charge in [0, 0.05) is 6.54 Å². The molecule has 8 heteroatoms. The number of nitrogens with zero attached hydrogens (tertiary/aromatic N) is 1. The highest BCUT2D eigenvalue weighted by Gasteiger charge is 2.29. The van der Waals surface area contributed by atoms with Crippen LogP contribution < -0.4 is 0 Å². The van der Waals surface area contributed by atoms with Crippen LogP contribution in [0.15, 0.2) is 32.6 Å². The minimum atomic E-state index is -3.81. The van der Waals surface area contributed by atoms with Crippen LogP contribution in [0.4, 0.5) is 4.39 Å². The van der Waals surface area contributed by atoms with Crippen molar-refractivity contribution in [2.24, 2.45) is 0 Å². The normalized spacial score (nSPS) is 16.4. The highest BCUT2D eigenvalue weighted by molar-refractivity contribution is 9.11. The van der Waals surface area contributed by atoms with Gasteiger partial charge in [-0.15, -0.1) is 0 Å². The van der Waals surface area contributed by atoms with Gasteiger partial charge in [0.1, 0.15) is 10.4 Å². The SMILES string of the molecule is O=CN1CCCC(S(=O)(=O)c2ccc(F)c(Cl)c2)=C1Br. The third-order valence-corrected chi connectivity index (χ3v) is 6.35. The van der Waals surface area contributed by atoms with Gasteiger partial charge in [-0.3, -0.25) is 4.79 Å². The minimum absolute atomic E-state index is 0.0939. The molecule has 2 rings (SSSR count). The summed E-state index contributed by atoms with van der Waals surface area (Å²) in [5.41, 5.74) is 0. The molecule has 0 aromatic heterocycles. The molecule has 4 nitrogen and oxygen atoms in total. The number of halogens is 3. The molecule has 108 valence electrons. The van der Waals surface area contributed by atoms with Crippen LogP contribution in [0.25, 0.3) is 0 Å². The zero-order valence-corrected chi connectivity index (χ0v) is 13.3. The molecule has 1 aliphatic heterocycles. The first-order chi connectivity index (χ1) is 9.37. The lowest BCUT2D eigenvalue weighted by atomic mass is 10.2. The second-order valence-corrected chi connectivity index (χ2v) is 7.33. The zero-order valence-electron chi connectivity index (χ0n) is 10.1. The summed E-state index contributed by atoms with van der Waals surface area (Å²) in [5.74, 6) is -0.683. The number of hydrogen-bond acceptors (Lipinski definition) is 3. The summed E-state index contributed by atoms with van der Waals surface area (Å²) in [7, 11) is -3.81. The van der Waals surface area contributed by atoms with Crippen LogP contribution in [0.5, 0.6) is 0 Å². The van der Waals surface area contributed by atoms with Crippen LogP contribution in [0.1, 0.15) is 12.8 Å². The monoisotopic (exact) mass is 381 g/mol. The molecule has 0 atom stereocenters. The second kappa shape index (κ2) is 5.83. The summed E-state index contributed by atoms with van der Waals surface area (Å²) >= 11 is 8.75. The Labute approximate surface area is 129 Å². The maximum atomic E-state index is 13.1. The number of carbonyl (C=O) groups is 1. The van der Waals surface area contributed by atoms with Gasteiger partial charge < -0.3 is 4.90 Å². The molecule has 0 saturated carbocycles. The third kappa shape index (κ3) is 2.75. The van der Waals surface area contributed by atoms with Gasteiger partial charge in [-0.05, 0) is 47.0 Å². The van der Waals surface area contributed by atoms with Crippen molar-refractivity contribution in [3.8, 4) is 0 Å². The Bertz CT molecular complexity index is 690. The standard InChI is InChI=1S/C12H10BrClFNO3S/c13-12-11(2-1-5-16(12)7-17)20(18,19)8-3-4-10(15)9(14)6-8/h3-4,6-7H,1-2,5H2. The fraction of sp³-hybridized carbons (Fsp3) is 0.250. The van der Waals surface area contributed by atoms with Gasteiger partial charge in [-0.2, -0.15) is 0 Å². The van der Waals surface area contributed by atoms with Crippen LogP contribution in [-0.2, 0) is 14.6 Å². The number of benzene rings is 1. The Morgan fingerprint density at radius 1 is 1.40 bits per heavy atom. The molecule has 0 aliphatic carbocycles. The van der Waals surface area contributed by atoms with Crippen molar-refractivity contribution < 1.29 is 17.6 Å². The van der Waals surface area contributed by atoms with Crippen LogP contribution in [0, 0.1) is 5.82 Å². The van der Waals surface area contributed by atoms with Crippen molar-refractivity contribution in [1.82, 2.24) is 4.90 Å². The third-order valence-electron chi connectivity index (χ3n) is 2.94. The molecule has 0 radical (unpaired) electrons. The van der Waals surface area contributed by atoms with Crippen molar-refractivity contribution in [3.63, 3.8) is 0 Å². The van der Waals surface area contributed by atoms with E-state index >= 15 is 0 Å². The van der Waals surface area contributed by atoms with Gasteiger partial charge in [0.25, 0.3) is 0 Å². The summed E-state index contributed by atoms with van der Waals surface area (Å²) in [6, 6.07) is 3.23. The summed E-state index contributed by atoms with van der Waals surface area (Å²) in [5, 5.41) is -0.258. The topological polar surface area (TPSA) is 54.5 Å². The number of carbonyl (C=O) groups excluding carboxylic acids is 1. The molecule has 0 bridgehead atoms. The summed E-state index contributed by atoms with van der Waals surface area (Å²) in [6.07, 6.45) is 1.41. The number of amides is 1. The molecule has 0 unspecified atom stereocenters. The van der Waals surface area contributed by atoms with Crippen LogP contribution in [0.3, 0.4) is 0 Å². The summed E-state index contributed by atoms with van der Waals surface area (Å²) in [4.78, 5) is 12.2. The Kier molecular flexibility index (Phi) is 4.51. The maximum Gasteiger partial charge on any atom is 0.214 e. The molecule has 1 amide bonds. The van der Waals surface area contributed by atoms with E-state index in [2.05, 4.69) is 15.9 Å². The van der Waals surface area contributed by atoms with Crippen molar-refractivity contribution >= 4 is 43.8 Å². The molecule has 20 heavy (non-hydrogen) atoms. The van der Waals surface area contributed by atoms with E-state index in [1.54, 1.807) is 0 Å². The van der Waals surface area contributed by atoms with Crippen molar-refractivity contribution in [2.45, 2.75) is 17.7 Å². The van der Waals surface area contributed by atoms with Gasteiger partial charge in [0.2, 0.25) is 16.2 Å². The van der Waals surface area contributed by atoms with E-state index in [0.29, 0.717) is 25.8 Å². The number of rotatable bonds is 3. The quantitative estimate of drug-likeness (QED) is 0.459. The molecule has 0 saturated heterocycles. The summed E-state index contributed by atoms with van der Waals surface area (Å²) < 4.78 is 38.4. The first-order valence-electron chi connectivity index (χ1n) is 5.68. The smallest absolute Gasteiger partial charge is 0.214 e. The Hall–Kier alpha value is -0.920. The fourth-order valence-corrected chi connectivity index (χ4v) is 4.80. The highest BCUT2D eigenvalue weighted by atomic mass is 79.9. The van der Waals surface area contributed by atoms with E-state index in [1.807, 2.05) is 0 Å².